The van der Waals surface area contributed by atoms with Crippen LogP contribution in [0.4, 0.5) is 10.2 Å². The summed E-state index contributed by atoms with van der Waals surface area (Å²) < 4.78 is 14.0. The molecule has 5 nitrogen and oxygen atoms in total. The standard InChI is InChI=1S/C33H35FN4O/c1-23-29(21-24-9-6-5-7-10-24)31(36-30(35-23)26-11-8-12-28(34)22-26)37-17-19-38(20-18-37)32(39)25-13-15-27(16-14-25)33(2,3)4/h5-16,22H,17-21H2,1-4H3. The van der Waals surface area contributed by atoms with Gasteiger partial charge in [-0.15, -0.1) is 0 Å². The number of halogens is 1. The zero-order valence-electron chi connectivity index (χ0n) is 23.1. The normalized spacial score (nSPS) is 14.0. The summed E-state index contributed by atoms with van der Waals surface area (Å²) in [5, 5.41) is 0. The predicted octanol–water partition coefficient (Wildman–Crippen LogP) is 6.44. The van der Waals surface area contributed by atoms with Crippen molar-refractivity contribution in [2.75, 3.05) is 31.1 Å². The Morgan fingerprint density at radius 2 is 1.56 bits per heavy atom. The molecule has 6 heteroatoms. The van der Waals surface area contributed by atoms with Crippen molar-refractivity contribution in [3.05, 3.63) is 113 Å². The van der Waals surface area contributed by atoms with Crippen LogP contribution < -0.4 is 4.90 Å². The Kier molecular flexibility index (Phi) is 7.47. The number of carbonyl (C=O) groups is 1. The van der Waals surface area contributed by atoms with E-state index in [0.29, 0.717) is 49.6 Å². The van der Waals surface area contributed by atoms with E-state index in [1.807, 2.05) is 48.2 Å². The number of aromatic nitrogens is 2. The SMILES string of the molecule is Cc1nc(-c2cccc(F)c2)nc(N2CCN(C(=O)c3ccc(C(C)(C)C)cc3)CC2)c1Cc1ccccc1. The van der Waals surface area contributed by atoms with Crippen LogP contribution in [0.5, 0.6) is 0 Å². The van der Waals surface area contributed by atoms with Crippen LogP contribution in [0.1, 0.15) is 53.5 Å². The molecule has 1 aliphatic heterocycles. The molecule has 1 aromatic heterocycles. The monoisotopic (exact) mass is 522 g/mol. The van der Waals surface area contributed by atoms with Crippen LogP contribution in [0.2, 0.25) is 0 Å². The van der Waals surface area contributed by atoms with E-state index in [-0.39, 0.29) is 17.1 Å². The summed E-state index contributed by atoms with van der Waals surface area (Å²) in [6.07, 6.45) is 0.699. The minimum Gasteiger partial charge on any atom is -0.353 e. The van der Waals surface area contributed by atoms with Gasteiger partial charge in [-0.05, 0) is 47.7 Å². The lowest BCUT2D eigenvalue weighted by Gasteiger charge is -2.36. The highest BCUT2D eigenvalue weighted by Crippen LogP contribution is 2.29. The minimum atomic E-state index is -0.314. The Labute approximate surface area is 230 Å². The minimum absolute atomic E-state index is 0.0463. The van der Waals surface area contributed by atoms with Crippen molar-refractivity contribution >= 4 is 11.7 Å². The van der Waals surface area contributed by atoms with Gasteiger partial charge in [-0.3, -0.25) is 4.79 Å². The topological polar surface area (TPSA) is 49.3 Å². The average Bonchev–Trinajstić information content (AvgIpc) is 2.94. The van der Waals surface area contributed by atoms with Crippen LogP contribution in [0.3, 0.4) is 0 Å². The first-order chi connectivity index (χ1) is 18.7. The van der Waals surface area contributed by atoms with Gasteiger partial charge in [0.15, 0.2) is 5.82 Å². The number of hydrogen-bond acceptors (Lipinski definition) is 4. The fourth-order valence-electron chi connectivity index (χ4n) is 5.02. The van der Waals surface area contributed by atoms with Crippen LogP contribution >= 0.6 is 0 Å². The number of anilines is 1. The molecule has 3 aromatic carbocycles. The molecule has 1 amide bonds. The van der Waals surface area contributed by atoms with E-state index in [2.05, 4.69) is 49.9 Å². The van der Waals surface area contributed by atoms with E-state index in [1.54, 1.807) is 6.07 Å². The number of rotatable bonds is 5. The van der Waals surface area contributed by atoms with Gasteiger partial charge in [-0.25, -0.2) is 14.4 Å². The number of aryl methyl sites for hydroxylation is 1. The summed E-state index contributed by atoms with van der Waals surface area (Å²) in [5.41, 5.74) is 5.73. The highest BCUT2D eigenvalue weighted by Gasteiger charge is 2.26. The van der Waals surface area contributed by atoms with E-state index < -0.39 is 0 Å². The van der Waals surface area contributed by atoms with Gasteiger partial charge in [0, 0.05) is 55.0 Å². The van der Waals surface area contributed by atoms with E-state index in [0.717, 1.165) is 17.1 Å². The Morgan fingerprint density at radius 3 is 2.21 bits per heavy atom. The Bertz CT molecular complexity index is 1450. The smallest absolute Gasteiger partial charge is 0.253 e. The first kappa shape index (κ1) is 26.5. The third-order valence-corrected chi connectivity index (χ3v) is 7.36. The van der Waals surface area contributed by atoms with Crippen molar-refractivity contribution in [2.45, 2.75) is 39.5 Å². The molecule has 1 fully saturated rings. The van der Waals surface area contributed by atoms with Crippen LogP contribution in [0.25, 0.3) is 11.4 Å². The van der Waals surface area contributed by atoms with Gasteiger partial charge in [-0.2, -0.15) is 0 Å². The van der Waals surface area contributed by atoms with Crippen LogP contribution in [-0.4, -0.2) is 47.0 Å². The quantitative estimate of drug-likeness (QED) is 0.303. The molecule has 39 heavy (non-hydrogen) atoms. The molecule has 0 atom stereocenters. The molecule has 2 heterocycles. The van der Waals surface area contributed by atoms with Crippen molar-refractivity contribution < 1.29 is 9.18 Å². The highest BCUT2D eigenvalue weighted by molar-refractivity contribution is 5.94. The third kappa shape index (κ3) is 6.00. The molecule has 0 radical (unpaired) electrons. The maximum absolute atomic E-state index is 14.0. The molecule has 0 N–H and O–H groups in total. The molecule has 0 aliphatic carbocycles. The largest absolute Gasteiger partial charge is 0.353 e. The van der Waals surface area contributed by atoms with Gasteiger partial charge in [0.25, 0.3) is 5.91 Å². The van der Waals surface area contributed by atoms with Crippen LogP contribution in [-0.2, 0) is 11.8 Å². The third-order valence-electron chi connectivity index (χ3n) is 7.36. The summed E-state index contributed by atoms with van der Waals surface area (Å²) in [6.45, 7) is 11.0. The number of carbonyl (C=O) groups excluding carboxylic acids is 1. The lowest BCUT2D eigenvalue weighted by atomic mass is 9.86. The fourth-order valence-corrected chi connectivity index (χ4v) is 5.02. The van der Waals surface area contributed by atoms with Crippen molar-refractivity contribution in [3.8, 4) is 11.4 Å². The van der Waals surface area contributed by atoms with Crippen molar-refractivity contribution in [1.29, 1.82) is 0 Å². The summed E-state index contributed by atoms with van der Waals surface area (Å²) >= 11 is 0. The maximum atomic E-state index is 14.0. The lowest BCUT2D eigenvalue weighted by Crippen LogP contribution is -2.49. The van der Waals surface area contributed by atoms with Gasteiger partial charge < -0.3 is 9.80 Å². The summed E-state index contributed by atoms with van der Waals surface area (Å²) in [4.78, 5) is 27.2. The first-order valence-electron chi connectivity index (χ1n) is 13.5. The summed E-state index contributed by atoms with van der Waals surface area (Å²) in [5.74, 6) is 1.11. The van der Waals surface area contributed by atoms with Gasteiger partial charge in [0.2, 0.25) is 0 Å². The zero-order chi connectivity index (χ0) is 27.6. The van der Waals surface area contributed by atoms with E-state index in [9.17, 15) is 9.18 Å². The molecule has 1 saturated heterocycles. The van der Waals surface area contributed by atoms with Crippen molar-refractivity contribution in [3.63, 3.8) is 0 Å². The average molecular weight is 523 g/mol. The molecular formula is C33H35FN4O. The maximum Gasteiger partial charge on any atom is 0.253 e. The second-order valence-electron chi connectivity index (χ2n) is 11.2. The predicted molar refractivity (Wildman–Crippen MR) is 155 cm³/mol. The molecule has 0 bridgehead atoms. The van der Waals surface area contributed by atoms with Crippen molar-refractivity contribution in [1.82, 2.24) is 14.9 Å². The fraction of sp³-hybridized carbons (Fsp3) is 0.303. The molecule has 200 valence electrons. The number of benzene rings is 3. The number of nitrogens with zero attached hydrogens (tertiary/aromatic N) is 4. The number of amides is 1. The van der Waals surface area contributed by atoms with Crippen LogP contribution in [0, 0.1) is 12.7 Å². The zero-order valence-corrected chi connectivity index (χ0v) is 23.1. The lowest BCUT2D eigenvalue weighted by molar-refractivity contribution is 0.0746. The van der Waals surface area contributed by atoms with E-state index in [1.165, 1.54) is 23.3 Å². The molecule has 5 rings (SSSR count). The molecule has 0 saturated carbocycles. The van der Waals surface area contributed by atoms with E-state index in [4.69, 9.17) is 9.97 Å². The molecule has 0 spiro atoms. The molecule has 1 aliphatic rings. The van der Waals surface area contributed by atoms with Crippen molar-refractivity contribution in [2.24, 2.45) is 0 Å². The molecule has 0 unspecified atom stereocenters. The van der Waals surface area contributed by atoms with Gasteiger partial charge in [0.05, 0.1) is 0 Å². The highest BCUT2D eigenvalue weighted by atomic mass is 19.1. The molecular weight excluding hydrogens is 487 g/mol. The first-order valence-corrected chi connectivity index (χ1v) is 13.5. The van der Waals surface area contributed by atoms with Crippen LogP contribution in [0.15, 0.2) is 78.9 Å². The Hall–Kier alpha value is -4.06. The Morgan fingerprint density at radius 1 is 0.872 bits per heavy atom. The van der Waals surface area contributed by atoms with E-state index >= 15 is 0 Å². The summed E-state index contributed by atoms with van der Waals surface area (Å²) in [6, 6.07) is 24.7. The Balaban J connectivity index is 1.40. The van der Waals surface area contributed by atoms with Gasteiger partial charge in [-0.1, -0.05) is 75.4 Å². The van der Waals surface area contributed by atoms with Gasteiger partial charge >= 0.3 is 0 Å². The summed E-state index contributed by atoms with van der Waals surface area (Å²) in [7, 11) is 0. The second kappa shape index (κ2) is 11.0. The molecule has 4 aromatic rings. The van der Waals surface area contributed by atoms with Gasteiger partial charge in [0.1, 0.15) is 11.6 Å². The second-order valence-corrected chi connectivity index (χ2v) is 11.2. The number of hydrogen-bond donors (Lipinski definition) is 0. The number of piperazine rings is 1.